The number of halogens is 1. The number of carboxylic acids is 1. The van der Waals surface area contributed by atoms with Crippen LogP contribution in [-0.4, -0.2) is 23.7 Å². The minimum Gasteiger partial charge on any atom is -0.478 e. The molecule has 0 fully saturated rings. The Bertz CT molecular complexity index is 443. The molecule has 5 heteroatoms. The summed E-state index contributed by atoms with van der Waals surface area (Å²) in [4.78, 5) is 22.0. The normalized spacial score (nSPS) is 10.1. The largest absolute Gasteiger partial charge is 0.478 e. The maximum Gasteiger partial charge on any atom is 0.339 e. The highest BCUT2D eigenvalue weighted by molar-refractivity contribution is 5.92. The number of esters is 1. The van der Waals surface area contributed by atoms with Gasteiger partial charge in [0.2, 0.25) is 0 Å². The molecule has 1 aromatic rings. The molecule has 0 radical (unpaired) electrons. The number of carbonyl (C=O) groups is 2. The number of alkyl halides is 1. The molecule has 0 saturated carbocycles. The van der Waals surface area contributed by atoms with Crippen molar-refractivity contribution in [1.29, 1.82) is 0 Å². The number of ether oxygens (including phenoxy) is 1. The maximum absolute atomic E-state index is 12.0. The maximum atomic E-state index is 12.0. The monoisotopic (exact) mass is 254 g/mol. The van der Waals surface area contributed by atoms with Crippen LogP contribution >= 0.6 is 0 Å². The first-order valence-corrected chi connectivity index (χ1v) is 5.65. The van der Waals surface area contributed by atoms with E-state index >= 15 is 0 Å². The van der Waals surface area contributed by atoms with Gasteiger partial charge in [0, 0.05) is 6.92 Å². The van der Waals surface area contributed by atoms with E-state index in [2.05, 4.69) is 0 Å². The number of hydrogen-bond donors (Lipinski definition) is 1. The van der Waals surface area contributed by atoms with Gasteiger partial charge in [-0.1, -0.05) is 12.1 Å². The summed E-state index contributed by atoms with van der Waals surface area (Å²) < 4.78 is 17.0. The van der Waals surface area contributed by atoms with Crippen LogP contribution in [-0.2, 0) is 11.2 Å². The van der Waals surface area contributed by atoms with E-state index in [0.29, 0.717) is 24.8 Å². The van der Waals surface area contributed by atoms with E-state index in [9.17, 15) is 14.0 Å². The second-order valence-corrected chi connectivity index (χ2v) is 3.84. The van der Waals surface area contributed by atoms with Gasteiger partial charge in [0.25, 0.3) is 0 Å². The zero-order chi connectivity index (χ0) is 13.5. The molecule has 0 bridgehead atoms. The predicted molar refractivity (Wildman–Crippen MR) is 63.6 cm³/mol. The fraction of sp³-hybridized carbons (Fsp3) is 0.385. The molecule has 0 amide bonds. The van der Waals surface area contributed by atoms with Crippen LogP contribution in [0.5, 0.6) is 5.75 Å². The van der Waals surface area contributed by atoms with Crippen LogP contribution in [0.1, 0.15) is 35.7 Å². The topological polar surface area (TPSA) is 63.6 Å². The van der Waals surface area contributed by atoms with Crippen molar-refractivity contribution in [3.8, 4) is 5.75 Å². The Balaban J connectivity index is 3.03. The van der Waals surface area contributed by atoms with Crippen LogP contribution in [0, 0.1) is 0 Å². The van der Waals surface area contributed by atoms with Crippen LogP contribution in [0.3, 0.4) is 0 Å². The van der Waals surface area contributed by atoms with Gasteiger partial charge in [0.05, 0.1) is 6.67 Å². The second-order valence-electron chi connectivity index (χ2n) is 3.84. The molecule has 0 atom stereocenters. The van der Waals surface area contributed by atoms with Gasteiger partial charge in [0.15, 0.2) is 0 Å². The lowest BCUT2D eigenvalue weighted by molar-refractivity contribution is -0.131. The number of carboxylic acid groups (broad SMARTS) is 1. The smallest absolute Gasteiger partial charge is 0.339 e. The minimum absolute atomic E-state index is 0.0528. The molecule has 0 aliphatic rings. The zero-order valence-corrected chi connectivity index (χ0v) is 10.1. The van der Waals surface area contributed by atoms with E-state index in [4.69, 9.17) is 9.84 Å². The Labute approximate surface area is 104 Å². The Hall–Kier alpha value is -1.91. The number of hydrogen-bond acceptors (Lipinski definition) is 3. The highest BCUT2D eigenvalue weighted by Gasteiger charge is 2.16. The van der Waals surface area contributed by atoms with Crippen LogP contribution in [0.2, 0.25) is 0 Å². The Morgan fingerprint density at radius 3 is 2.61 bits per heavy atom. The van der Waals surface area contributed by atoms with E-state index < -0.39 is 18.6 Å². The van der Waals surface area contributed by atoms with Crippen LogP contribution in [0.25, 0.3) is 0 Å². The zero-order valence-electron chi connectivity index (χ0n) is 10.1. The van der Waals surface area contributed by atoms with E-state index in [0.717, 1.165) is 0 Å². The number of aryl methyl sites for hydroxylation is 1. The van der Waals surface area contributed by atoms with Crippen molar-refractivity contribution < 1.29 is 23.8 Å². The average molecular weight is 254 g/mol. The van der Waals surface area contributed by atoms with Gasteiger partial charge in [-0.25, -0.2) is 4.79 Å². The lowest BCUT2D eigenvalue weighted by Gasteiger charge is -2.11. The fourth-order valence-electron chi connectivity index (χ4n) is 1.62. The van der Waals surface area contributed by atoms with Crippen molar-refractivity contribution >= 4 is 11.9 Å². The molecule has 0 saturated heterocycles. The molecule has 1 aromatic carbocycles. The quantitative estimate of drug-likeness (QED) is 0.481. The molecule has 0 aliphatic heterocycles. The third kappa shape index (κ3) is 3.84. The molecule has 98 valence electrons. The van der Waals surface area contributed by atoms with E-state index in [1.165, 1.54) is 13.0 Å². The van der Waals surface area contributed by atoms with E-state index in [1.807, 2.05) is 0 Å². The third-order valence-corrected chi connectivity index (χ3v) is 2.40. The SMILES string of the molecule is CC(=O)Oc1c(CCCCF)cccc1C(=O)O. The lowest BCUT2D eigenvalue weighted by atomic mass is 10.0. The summed E-state index contributed by atoms with van der Waals surface area (Å²) in [7, 11) is 0. The van der Waals surface area contributed by atoms with Crippen molar-refractivity contribution in [2.24, 2.45) is 0 Å². The Morgan fingerprint density at radius 2 is 2.06 bits per heavy atom. The van der Waals surface area contributed by atoms with Gasteiger partial charge in [-0.2, -0.15) is 0 Å². The number of benzene rings is 1. The Morgan fingerprint density at radius 1 is 1.33 bits per heavy atom. The van der Waals surface area contributed by atoms with Crippen molar-refractivity contribution in [1.82, 2.24) is 0 Å². The number of rotatable bonds is 6. The molecule has 18 heavy (non-hydrogen) atoms. The van der Waals surface area contributed by atoms with Crippen molar-refractivity contribution in [2.45, 2.75) is 26.2 Å². The van der Waals surface area contributed by atoms with Crippen molar-refractivity contribution in [3.63, 3.8) is 0 Å². The molecule has 4 nitrogen and oxygen atoms in total. The molecular weight excluding hydrogens is 239 g/mol. The molecule has 0 unspecified atom stereocenters. The van der Waals surface area contributed by atoms with E-state index in [-0.39, 0.29) is 11.3 Å². The van der Waals surface area contributed by atoms with Gasteiger partial charge in [-0.3, -0.25) is 9.18 Å². The summed E-state index contributed by atoms with van der Waals surface area (Å²) in [5, 5.41) is 9.02. The third-order valence-electron chi connectivity index (χ3n) is 2.40. The summed E-state index contributed by atoms with van der Waals surface area (Å²) in [6, 6.07) is 4.64. The molecule has 1 rings (SSSR count). The number of para-hydroxylation sites is 1. The number of unbranched alkanes of at least 4 members (excludes halogenated alkanes) is 1. The second kappa shape index (κ2) is 6.74. The van der Waals surface area contributed by atoms with Gasteiger partial charge in [0.1, 0.15) is 11.3 Å². The first-order chi connectivity index (χ1) is 8.56. The molecule has 1 N–H and O–H groups in total. The summed E-state index contributed by atoms with van der Waals surface area (Å²) in [5.74, 6) is -1.66. The summed E-state index contributed by atoms with van der Waals surface area (Å²) >= 11 is 0. The molecule has 0 aromatic heterocycles. The highest BCUT2D eigenvalue weighted by Crippen LogP contribution is 2.26. The highest BCUT2D eigenvalue weighted by atomic mass is 19.1. The van der Waals surface area contributed by atoms with Gasteiger partial charge < -0.3 is 9.84 Å². The van der Waals surface area contributed by atoms with Gasteiger partial charge in [-0.15, -0.1) is 0 Å². The first-order valence-electron chi connectivity index (χ1n) is 5.65. The lowest BCUT2D eigenvalue weighted by Crippen LogP contribution is -2.09. The average Bonchev–Trinajstić information content (AvgIpc) is 2.30. The number of carbonyl (C=O) groups excluding carboxylic acids is 1. The van der Waals surface area contributed by atoms with Gasteiger partial charge >= 0.3 is 11.9 Å². The number of aromatic carboxylic acids is 1. The first kappa shape index (κ1) is 14.2. The molecule has 0 spiro atoms. The molecule has 0 heterocycles. The van der Waals surface area contributed by atoms with Crippen LogP contribution in [0.15, 0.2) is 18.2 Å². The summed E-state index contributed by atoms with van der Waals surface area (Å²) in [5.41, 5.74) is 0.557. The molecular formula is C13H15FO4. The summed E-state index contributed by atoms with van der Waals surface area (Å²) in [6.07, 6.45) is 1.46. The molecule has 0 aliphatic carbocycles. The van der Waals surface area contributed by atoms with Crippen LogP contribution < -0.4 is 4.74 Å². The predicted octanol–water partition coefficient (Wildman–Crippen LogP) is 2.60. The Kier molecular flexibility index (Phi) is 5.30. The van der Waals surface area contributed by atoms with E-state index in [1.54, 1.807) is 12.1 Å². The standard InChI is InChI=1S/C13H15FO4/c1-9(15)18-12-10(5-2-3-8-14)6-4-7-11(12)13(16)17/h4,6-7H,2-3,5,8H2,1H3,(H,16,17). The van der Waals surface area contributed by atoms with Crippen molar-refractivity contribution in [2.75, 3.05) is 6.67 Å². The summed E-state index contributed by atoms with van der Waals surface area (Å²) in [6.45, 7) is 0.797. The van der Waals surface area contributed by atoms with Crippen molar-refractivity contribution in [3.05, 3.63) is 29.3 Å². The van der Waals surface area contributed by atoms with Crippen LogP contribution in [0.4, 0.5) is 4.39 Å². The fourth-order valence-corrected chi connectivity index (χ4v) is 1.62. The minimum atomic E-state index is -1.15. The van der Waals surface area contributed by atoms with Gasteiger partial charge in [-0.05, 0) is 30.9 Å².